The molecule has 0 aromatic heterocycles. The van der Waals surface area contributed by atoms with Gasteiger partial charge in [-0.05, 0) is 37.3 Å². The number of benzene rings is 2. The van der Waals surface area contributed by atoms with Gasteiger partial charge in [0.1, 0.15) is 5.75 Å². The Labute approximate surface area is 122 Å². The van der Waals surface area contributed by atoms with Gasteiger partial charge in [-0.2, -0.15) is 0 Å². The summed E-state index contributed by atoms with van der Waals surface area (Å²) in [6.07, 6.45) is 0. The molecule has 0 unspecified atom stereocenters. The zero-order valence-corrected chi connectivity index (χ0v) is 11.8. The number of amides is 1. The number of rotatable bonds is 4. The Balaban J connectivity index is 2.36. The van der Waals surface area contributed by atoms with Crippen molar-refractivity contribution >= 4 is 11.6 Å². The molecule has 0 saturated carbocycles. The maximum absolute atomic E-state index is 13.4. The van der Waals surface area contributed by atoms with Crippen molar-refractivity contribution in [1.82, 2.24) is 0 Å². The van der Waals surface area contributed by atoms with Crippen LogP contribution in [0.3, 0.4) is 0 Å². The third-order valence-electron chi connectivity index (χ3n) is 3.10. The summed E-state index contributed by atoms with van der Waals surface area (Å²) in [6.45, 7) is 2.24. The monoisotopic (exact) mass is 289 g/mol. The lowest BCUT2D eigenvalue weighted by Gasteiger charge is -2.21. The second kappa shape index (κ2) is 6.26. The quantitative estimate of drug-likeness (QED) is 0.940. The van der Waals surface area contributed by atoms with Gasteiger partial charge in [0.25, 0.3) is 5.91 Å². The molecule has 1 N–H and O–H groups in total. The van der Waals surface area contributed by atoms with Crippen LogP contribution in [0.4, 0.5) is 10.1 Å². The van der Waals surface area contributed by atoms with Crippen LogP contribution in [0, 0.1) is 5.82 Å². The predicted molar refractivity (Wildman–Crippen MR) is 78.4 cm³/mol. The first kappa shape index (κ1) is 14.8. The number of ether oxygens (including phenoxy) is 1. The summed E-state index contributed by atoms with van der Waals surface area (Å²) in [7, 11) is 1.35. The van der Waals surface area contributed by atoms with Gasteiger partial charge in [0.05, 0.1) is 7.11 Å². The molecular weight excluding hydrogens is 273 g/mol. The largest absolute Gasteiger partial charge is 0.508 e. The minimum absolute atomic E-state index is 0.0211. The number of methoxy groups -OCH3 is 1. The molecule has 1 amide bonds. The summed E-state index contributed by atoms with van der Waals surface area (Å²) >= 11 is 0. The van der Waals surface area contributed by atoms with Crippen molar-refractivity contribution in [2.24, 2.45) is 0 Å². The Morgan fingerprint density at radius 3 is 2.67 bits per heavy atom. The lowest BCUT2D eigenvalue weighted by Crippen LogP contribution is -2.30. The molecule has 0 aliphatic carbocycles. The van der Waals surface area contributed by atoms with Crippen LogP contribution in [-0.4, -0.2) is 24.7 Å². The molecule has 0 saturated heterocycles. The van der Waals surface area contributed by atoms with Gasteiger partial charge in [-0.1, -0.05) is 6.07 Å². The van der Waals surface area contributed by atoms with Gasteiger partial charge in [0.2, 0.25) is 0 Å². The summed E-state index contributed by atoms with van der Waals surface area (Å²) in [6, 6.07) is 10.4. The van der Waals surface area contributed by atoms with E-state index in [4.69, 9.17) is 4.74 Å². The summed E-state index contributed by atoms with van der Waals surface area (Å²) in [4.78, 5) is 14.0. The lowest BCUT2D eigenvalue weighted by molar-refractivity contribution is 0.0988. The second-order valence-corrected chi connectivity index (χ2v) is 4.42. The van der Waals surface area contributed by atoms with E-state index >= 15 is 0 Å². The zero-order valence-electron chi connectivity index (χ0n) is 11.8. The first-order chi connectivity index (χ1) is 10.1. The molecule has 0 aliphatic heterocycles. The van der Waals surface area contributed by atoms with Gasteiger partial charge >= 0.3 is 0 Å². The van der Waals surface area contributed by atoms with E-state index in [1.807, 2.05) is 6.92 Å². The molecule has 0 bridgehead atoms. The molecule has 2 aromatic carbocycles. The molecule has 21 heavy (non-hydrogen) atoms. The molecule has 4 nitrogen and oxygen atoms in total. The van der Waals surface area contributed by atoms with Crippen molar-refractivity contribution in [1.29, 1.82) is 0 Å². The van der Waals surface area contributed by atoms with Crippen molar-refractivity contribution < 1.29 is 19.0 Å². The van der Waals surface area contributed by atoms with Crippen molar-refractivity contribution in [3.63, 3.8) is 0 Å². The molecule has 0 atom stereocenters. The number of hydrogen-bond donors (Lipinski definition) is 1. The van der Waals surface area contributed by atoms with Crippen LogP contribution in [0.2, 0.25) is 0 Å². The lowest BCUT2D eigenvalue weighted by atomic mass is 10.1. The number of hydrogen-bond acceptors (Lipinski definition) is 3. The third-order valence-corrected chi connectivity index (χ3v) is 3.10. The minimum atomic E-state index is -0.519. The van der Waals surface area contributed by atoms with Crippen molar-refractivity contribution in [2.45, 2.75) is 6.92 Å². The standard InChI is InChI=1S/C16H16FNO3/c1-3-18(12-5-4-6-13(19)10-12)16(20)11-7-8-14(17)15(9-11)21-2/h4-10,19H,3H2,1-2H3. The van der Waals surface area contributed by atoms with E-state index in [1.54, 1.807) is 12.1 Å². The van der Waals surface area contributed by atoms with Gasteiger partial charge in [-0.15, -0.1) is 0 Å². The third kappa shape index (κ3) is 3.13. The van der Waals surface area contributed by atoms with E-state index in [-0.39, 0.29) is 17.4 Å². The maximum Gasteiger partial charge on any atom is 0.258 e. The fraction of sp³-hybridized carbons (Fsp3) is 0.188. The molecule has 0 radical (unpaired) electrons. The van der Waals surface area contributed by atoms with Crippen LogP contribution in [-0.2, 0) is 0 Å². The number of nitrogens with zero attached hydrogens (tertiary/aromatic N) is 1. The van der Waals surface area contributed by atoms with Crippen LogP contribution in [0.1, 0.15) is 17.3 Å². The Morgan fingerprint density at radius 2 is 2.05 bits per heavy atom. The highest BCUT2D eigenvalue weighted by atomic mass is 19.1. The van der Waals surface area contributed by atoms with Gasteiger partial charge in [-0.25, -0.2) is 4.39 Å². The Kier molecular flexibility index (Phi) is 4.42. The van der Waals surface area contributed by atoms with Gasteiger partial charge in [0, 0.05) is 23.9 Å². The first-order valence-corrected chi connectivity index (χ1v) is 6.51. The first-order valence-electron chi connectivity index (χ1n) is 6.51. The van der Waals surface area contributed by atoms with Crippen molar-refractivity contribution in [3.8, 4) is 11.5 Å². The normalized spacial score (nSPS) is 10.2. The highest BCUT2D eigenvalue weighted by Gasteiger charge is 2.18. The number of phenolic OH excluding ortho intramolecular Hbond substituents is 1. The van der Waals surface area contributed by atoms with Crippen molar-refractivity contribution in [2.75, 3.05) is 18.6 Å². The van der Waals surface area contributed by atoms with E-state index in [0.717, 1.165) is 0 Å². The van der Waals surface area contributed by atoms with Crippen LogP contribution in [0.5, 0.6) is 11.5 Å². The summed E-state index contributed by atoms with van der Waals surface area (Å²) in [5.74, 6) is -0.709. The fourth-order valence-electron chi connectivity index (χ4n) is 2.05. The molecule has 2 aromatic rings. The number of anilines is 1. The molecule has 110 valence electrons. The highest BCUT2D eigenvalue weighted by Crippen LogP contribution is 2.24. The van der Waals surface area contributed by atoms with Crippen LogP contribution >= 0.6 is 0 Å². The number of carbonyl (C=O) groups is 1. The maximum atomic E-state index is 13.4. The van der Waals surface area contributed by atoms with E-state index in [1.165, 1.54) is 42.3 Å². The number of halogens is 1. The Morgan fingerprint density at radius 1 is 1.29 bits per heavy atom. The van der Waals surface area contributed by atoms with E-state index in [2.05, 4.69) is 0 Å². The SMILES string of the molecule is CCN(C(=O)c1ccc(F)c(OC)c1)c1cccc(O)c1. The number of phenols is 1. The predicted octanol–water partition coefficient (Wildman–Crippen LogP) is 3.21. The summed E-state index contributed by atoms with van der Waals surface area (Å²) in [5, 5.41) is 9.52. The van der Waals surface area contributed by atoms with E-state index in [0.29, 0.717) is 17.8 Å². The van der Waals surface area contributed by atoms with E-state index < -0.39 is 5.82 Å². The second-order valence-electron chi connectivity index (χ2n) is 4.42. The van der Waals surface area contributed by atoms with Gasteiger partial charge in [-0.3, -0.25) is 4.79 Å². The van der Waals surface area contributed by atoms with Crippen molar-refractivity contribution in [3.05, 3.63) is 53.8 Å². The van der Waals surface area contributed by atoms with Crippen LogP contribution < -0.4 is 9.64 Å². The molecule has 5 heteroatoms. The number of carbonyl (C=O) groups excluding carboxylic acids is 1. The zero-order chi connectivity index (χ0) is 15.4. The number of aromatic hydroxyl groups is 1. The smallest absolute Gasteiger partial charge is 0.258 e. The molecule has 0 spiro atoms. The molecule has 0 heterocycles. The Hall–Kier alpha value is -2.56. The fourth-order valence-corrected chi connectivity index (χ4v) is 2.05. The average Bonchev–Trinajstić information content (AvgIpc) is 2.48. The molecule has 0 fully saturated rings. The van der Waals surface area contributed by atoms with Crippen LogP contribution in [0.15, 0.2) is 42.5 Å². The highest BCUT2D eigenvalue weighted by molar-refractivity contribution is 6.06. The Bertz CT molecular complexity index is 658. The average molecular weight is 289 g/mol. The van der Waals surface area contributed by atoms with Crippen LogP contribution in [0.25, 0.3) is 0 Å². The topological polar surface area (TPSA) is 49.8 Å². The molecule has 2 rings (SSSR count). The molecule has 0 aliphatic rings. The van der Waals surface area contributed by atoms with Gasteiger partial charge in [0.15, 0.2) is 11.6 Å². The minimum Gasteiger partial charge on any atom is -0.508 e. The summed E-state index contributed by atoms with van der Waals surface area (Å²) in [5.41, 5.74) is 0.893. The van der Waals surface area contributed by atoms with Gasteiger partial charge < -0.3 is 14.7 Å². The molecular formula is C16H16FNO3. The van der Waals surface area contributed by atoms with E-state index in [9.17, 15) is 14.3 Å². The summed E-state index contributed by atoms with van der Waals surface area (Å²) < 4.78 is 18.3.